The van der Waals surface area contributed by atoms with Crippen molar-refractivity contribution in [3.63, 3.8) is 0 Å². The van der Waals surface area contributed by atoms with Crippen LogP contribution >= 0.6 is 0 Å². The normalized spacial score (nSPS) is 16.0. The first-order valence-corrected chi connectivity index (χ1v) is 8.34. The van der Waals surface area contributed by atoms with Crippen LogP contribution in [0.1, 0.15) is 29.0 Å². The van der Waals surface area contributed by atoms with E-state index in [0.717, 1.165) is 22.4 Å². The molecule has 0 saturated carbocycles. The average molecular weight is 349 g/mol. The topological polar surface area (TPSA) is 95.1 Å². The third-order valence-corrected chi connectivity index (χ3v) is 4.57. The Morgan fingerprint density at radius 3 is 3.00 bits per heavy atom. The zero-order valence-electron chi connectivity index (χ0n) is 14.3. The van der Waals surface area contributed by atoms with E-state index in [1.165, 1.54) is 0 Å². The number of hydrogen-bond acceptors (Lipinski definition) is 5. The lowest BCUT2D eigenvalue weighted by atomic mass is 9.85. The zero-order valence-corrected chi connectivity index (χ0v) is 14.3. The maximum Gasteiger partial charge on any atom is 0.226 e. The van der Waals surface area contributed by atoms with Gasteiger partial charge in [-0.05, 0) is 29.8 Å². The number of fused-ring (bicyclic) bond motifs is 1. The third-order valence-electron chi connectivity index (χ3n) is 4.57. The summed E-state index contributed by atoms with van der Waals surface area (Å²) in [5.41, 5.74) is 8.77. The fraction of sp³-hybridized carbons (Fsp3) is 0.211. The van der Waals surface area contributed by atoms with Crippen molar-refractivity contribution < 1.29 is 9.53 Å². The van der Waals surface area contributed by atoms with Gasteiger partial charge < -0.3 is 15.8 Å². The van der Waals surface area contributed by atoms with E-state index in [1.54, 1.807) is 19.4 Å². The van der Waals surface area contributed by atoms with Crippen LogP contribution in [0.25, 0.3) is 0 Å². The molecule has 3 N–H and O–H groups in total. The van der Waals surface area contributed by atoms with Gasteiger partial charge in [0.1, 0.15) is 17.4 Å². The van der Waals surface area contributed by atoms with Crippen LogP contribution < -0.4 is 15.8 Å². The Kier molecular flexibility index (Phi) is 4.04. The van der Waals surface area contributed by atoms with E-state index in [2.05, 4.69) is 21.5 Å². The van der Waals surface area contributed by atoms with E-state index in [1.807, 2.05) is 35.1 Å². The molecule has 3 aromatic rings. The average Bonchev–Trinajstić information content (AvgIpc) is 3.13. The van der Waals surface area contributed by atoms with Gasteiger partial charge in [-0.25, -0.2) is 4.98 Å². The van der Waals surface area contributed by atoms with Crippen molar-refractivity contribution in [2.75, 3.05) is 18.2 Å². The number of carbonyl (C=O) groups is 1. The molecule has 7 nitrogen and oxygen atoms in total. The van der Waals surface area contributed by atoms with Gasteiger partial charge in [0.25, 0.3) is 0 Å². The van der Waals surface area contributed by atoms with Gasteiger partial charge in [-0.15, -0.1) is 0 Å². The van der Waals surface area contributed by atoms with Crippen LogP contribution in [0.3, 0.4) is 0 Å². The number of benzene rings is 1. The van der Waals surface area contributed by atoms with E-state index < -0.39 is 0 Å². The van der Waals surface area contributed by atoms with Crippen LogP contribution in [0.4, 0.5) is 11.6 Å². The smallest absolute Gasteiger partial charge is 0.226 e. The first kappa shape index (κ1) is 16.1. The number of nitrogens with one attached hydrogen (secondary N) is 1. The minimum atomic E-state index is -0.0749. The van der Waals surface area contributed by atoms with Crippen molar-refractivity contribution in [1.82, 2.24) is 14.8 Å². The van der Waals surface area contributed by atoms with Crippen LogP contribution in [0.15, 0.2) is 48.8 Å². The number of carbonyl (C=O) groups excluding carboxylic acids is 1. The molecule has 132 valence electrons. The number of methoxy groups -OCH3 is 1. The molecule has 0 saturated heterocycles. The second kappa shape index (κ2) is 6.51. The number of nitrogen functional groups attached to an aromatic ring is 1. The minimum Gasteiger partial charge on any atom is -0.496 e. The van der Waals surface area contributed by atoms with Gasteiger partial charge in [0, 0.05) is 35.9 Å². The van der Waals surface area contributed by atoms with Gasteiger partial charge in [0.05, 0.1) is 13.7 Å². The number of amides is 1. The third kappa shape index (κ3) is 2.99. The molecule has 1 atom stereocenters. The van der Waals surface area contributed by atoms with Gasteiger partial charge in [-0.3, -0.25) is 9.48 Å². The van der Waals surface area contributed by atoms with Gasteiger partial charge in [-0.2, -0.15) is 5.10 Å². The van der Waals surface area contributed by atoms with Gasteiger partial charge in [0.2, 0.25) is 5.91 Å². The van der Waals surface area contributed by atoms with Crippen molar-refractivity contribution >= 4 is 17.5 Å². The van der Waals surface area contributed by atoms with Crippen molar-refractivity contribution in [2.24, 2.45) is 0 Å². The Morgan fingerprint density at radius 2 is 2.23 bits per heavy atom. The molecule has 1 aromatic carbocycles. The Labute approximate surface area is 150 Å². The largest absolute Gasteiger partial charge is 0.496 e. The summed E-state index contributed by atoms with van der Waals surface area (Å²) in [5, 5.41) is 7.07. The highest BCUT2D eigenvalue weighted by Gasteiger charge is 2.28. The summed E-state index contributed by atoms with van der Waals surface area (Å²) in [6, 6.07) is 11.6. The molecule has 0 spiro atoms. The molecule has 0 aliphatic carbocycles. The minimum absolute atomic E-state index is 0.0648. The molecule has 1 aliphatic heterocycles. The number of ether oxygens (including phenoxy) is 1. The standard InChI is InChI=1S/C19H19N5O2/c1-26-16-5-3-12(9-13(16)11-24-8-2-7-21-24)15-10-18(25)23-19-14(15)4-6-17(20)22-19/h2-9,15H,10-11H2,1H3,(H3,20,22,23,25). The summed E-state index contributed by atoms with van der Waals surface area (Å²) < 4.78 is 7.33. The summed E-state index contributed by atoms with van der Waals surface area (Å²) >= 11 is 0. The highest BCUT2D eigenvalue weighted by atomic mass is 16.5. The lowest BCUT2D eigenvalue weighted by molar-refractivity contribution is -0.116. The maximum absolute atomic E-state index is 12.2. The zero-order chi connectivity index (χ0) is 18.1. The number of nitrogens with zero attached hydrogens (tertiary/aromatic N) is 3. The van der Waals surface area contributed by atoms with Gasteiger partial charge >= 0.3 is 0 Å². The number of anilines is 2. The molecule has 3 heterocycles. The molecular weight excluding hydrogens is 330 g/mol. The predicted molar refractivity (Wildman–Crippen MR) is 98.1 cm³/mol. The molecule has 1 unspecified atom stereocenters. The number of rotatable bonds is 4. The summed E-state index contributed by atoms with van der Waals surface area (Å²) in [6.07, 6.45) is 4.02. The van der Waals surface area contributed by atoms with E-state index in [0.29, 0.717) is 24.6 Å². The number of aromatic nitrogens is 3. The molecule has 0 fully saturated rings. The summed E-state index contributed by atoms with van der Waals surface area (Å²) in [5.74, 6) is 1.58. The van der Waals surface area contributed by atoms with Crippen molar-refractivity contribution in [3.05, 3.63) is 65.5 Å². The Hall–Kier alpha value is -3.35. The lowest BCUT2D eigenvalue weighted by Gasteiger charge is -2.26. The monoisotopic (exact) mass is 349 g/mol. The fourth-order valence-electron chi connectivity index (χ4n) is 3.35. The van der Waals surface area contributed by atoms with E-state index in [9.17, 15) is 4.79 Å². The Balaban J connectivity index is 1.75. The molecule has 26 heavy (non-hydrogen) atoms. The number of hydrogen-bond donors (Lipinski definition) is 2. The highest BCUT2D eigenvalue weighted by Crippen LogP contribution is 2.38. The SMILES string of the molecule is COc1ccc(C2CC(=O)Nc3nc(N)ccc32)cc1Cn1cccn1. The summed E-state index contributed by atoms with van der Waals surface area (Å²) in [6.45, 7) is 0.593. The molecule has 2 aromatic heterocycles. The molecule has 4 rings (SSSR count). The van der Waals surface area contributed by atoms with Crippen LogP contribution in [-0.2, 0) is 11.3 Å². The number of nitrogens with two attached hydrogens (primary N) is 1. The van der Waals surface area contributed by atoms with Crippen LogP contribution in [0.2, 0.25) is 0 Å². The highest BCUT2D eigenvalue weighted by molar-refractivity contribution is 5.94. The van der Waals surface area contributed by atoms with Gasteiger partial charge in [-0.1, -0.05) is 12.1 Å². The van der Waals surface area contributed by atoms with Crippen molar-refractivity contribution in [3.8, 4) is 5.75 Å². The molecular formula is C19H19N5O2. The summed E-state index contributed by atoms with van der Waals surface area (Å²) in [4.78, 5) is 16.4. The van der Waals surface area contributed by atoms with E-state index >= 15 is 0 Å². The predicted octanol–water partition coefficient (Wildman–Crippen LogP) is 2.39. The fourth-order valence-corrected chi connectivity index (χ4v) is 3.35. The Morgan fingerprint density at radius 1 is 1.35 bits per heavy atom. The molecule has 0 bridgehead atoms. The van der Waals surface area contributed by atoms with Crippen LogP contribution in [0.5, 0.6) is 5.75 Å². The summed E-state index contributed by atoms with van der Waals surface area (Å²) in [7, 11) is 1.65. The lowest BCUT2D eigenvalue weighted by Crippen LogP contribution is -2.24. The maximum atomic E-state index is 12.2. The molecule has 1 amide bonds. The quantitative estimate of drug-likeness (QED) is 0.754. The molecule has 0 radical (unpaired) electrons. The van der Waals surface area contributed by atoms with E-state index in [-0.39, 0.29) is 11.8 Å². The van der Waals surface area contributed by atoms with E-state index in [4.69, 9.17) is 10.5 Å². The van der Waals surface area contributed by atoms with Crippen LogP contribution in [-0.4, -0.2) is 27.8 Å². The molecule has 1 aliphatic rings. The Bertz CT molecular complexity index is 953. The second-order valence-electron chi connectivity index (χ2n) is 6.25. The first-order valence-electron chi connectivity index (χ1n) is 8.34. The second-order valence-corrected chi connectivity index (χ2v) is 6.25. The van der Waals surface area contributed by atoms with Crippen molar-refractivity contribution in [2.45, 2.75) is 18.9 Å². The van der Waals surface area contributed by atoms with Crippen LogP contribution in [0, 0.1) is 0 Å². The molecule has 7 heteroatoms. The van der Waals surface area contributed by atoms with Gasteiger partial charge in [0.15, 0.2) is 0 Å². The van der Waals surface area contributed by atoms with Crippen molar-refractivity contribution in [1.29, 1.82) is 0 Å². The first-order chi connectivity index (χ1) is 12.6. The number of pyridine rings is 1.